The van der Waals surface area contributed by atoms with E-state index in [0.717, 1.165) is 16.8 Å². The molecule has 0 atom stereocenters. The van der Waals surface area contributed by atoms with Crippen molar-refractivity contribution in [3.63, 3.8) is 0 Å². The molecule has 0 spiro atoms. The molecule has 2 aromatic rings. The first kappa shape index (κ1) is 14.1. The highest BCUT2D eigenvalue weighted by Crippen LogP contribution is 2.12. The van der Waals surface area contributed by atoms with E-state index in [2.05, 4.69) is 12.2 Å². The number of carbonyl (C=O) groups excluding carboxylic acids is 1. The second-order valence-electron chi connectivity index (χ2n) is 4.90. The zero-order valence-electron chi connectivity index (χ0n) is 11.9. The number of benzene rings is 2. The normalized spacial score (nSPS) is 11.2. The van der Waals surface area contributed by atoms with E-state index in [1.54, 1.807) is 13.1 Å². The van der Waals surface area contributed by atoms with Crippen molar-refractivity contribution in [2.24, 2.45) is 0 Å². The van der Waals surface area contributed by atoms with Gasteiger partial charge in [-0.25, -0.2) is 0 Å². The molecule has 0 radical (unpaired) electrons. The van der Waals surface area contributed by atoms with Crippen molar-refractivity contribution >= 4 is 11.5 Å². The molecular weight excluding hydrogens is 246 g/mol. The van der Waals surface area contributed by atoms with Crippen LogP contribution in [0.5, 0.6) is 0 Å². The maximum Gasteiger partial charge on any atom is 0.157 e. The molecule has 0 amide bonds. The van der Waals surface area contributed by atoms with Crippen LogP contribution in [0, 0.1) is 6.92 Å². The van der Waals surface area contributed by atoms with Crippen LogP contribution in [0.15, 0.2) is 66.4 Å². The minimum absolute atomic E-state index is 0.0912. The molecule has 0 heterocycles. The number of allylic oxidation sites excluding steroid dienone is 1. The molecule has 2 aromatic carbocycles. The Morgan fingerprint density at radius 3 is 2.30 bits per heavy atom. The number of carbonyl (C=O) groups is 1. The monoisotopic (exact) mass is 265 g/mol. The van der Waals surface area contributed by atoms with Gasteiger partial charge in [-0.2, -0.15) is 0 Å². The van der Waals surface area contributed by atoms with Crippen LogP contribution in [0.2, 0.25) is 0 Å². The van der Waals surface area contributed by atoms with Gasteiger partial charge in [0.1, 0.15) is 0 Å². The summed E-state index contributed by atoms with van der Waals surface area (Å²) < 4.78 is 0. The molecule has 0 unspecified atom stereocenters. The fourth-order valence-electron chi connectivity index (χ4n) is 1.91. The van der Waals surface area contributed by atoms with Gasteiger partial charge >= 0.3 is 0 Å². The van der Waals surface area contributed by atoms with Gasteiger partial charge in [0.15, 0.2) is 5.78 Å². The molecule has 0 bridgehead atoms. The van der Waals surface area contributed by atoms with Crippen molar-refractivity contribution in [1.82, 2.24) is 0 Å². The van der Waals surface area contributed by atoms with Gasteiger partial charge in [-0.3, -0.25) is 4.79 Å². The van der Waals surface area contributed by atoms with E-state index in [0.29, 0.717) is 6.42 Å². The summed E-state index contributed by atoms with van der Waals surface area (Å²) in [6.07, 6.45) is 2.45. The summed E-state index contributed by atoms with van der Waals surface area (Å²) in [7, 11) is 0. The molecule has 2 heteroatoms. The first-order chi connectivity index (χ1) is 9.65. The molecule has 20 heavy (non-hydrogen) atoms. The summed E-state index contributed by atoms with van der Waals surface area (Å²) in [5, 5.41) is 3.19. The molecule has 2 nitrogen and oxygen atoms in total. The van der Waals surface area contributed by atoms with Crippen LogP contribution in [0.1, 0.15) is 18.1 Å². The Kier molecular flexibility index (Phi) is 4.72. The Hall–Kier alpha value is -2.35. The van der Waals surface area contributed by atoms with Crippen LogP contribution in [0.25, 0.3) is 0 Å². The summed E-state index contributed by atoms with van der Waals surface area (Å²) in [6.45, 7) is 3.65. The van der Waals surface area contributed by atoms with Crippen LogP contribution < -0.4 is 5.32 Å². The third kappa shape index (κ3) is 4.09. The lowest BCUT2D eigenvalue weighted by Crippen LogP contribution is -2.04. The van der Waals surface area contributed by atoms with Gasteiger partial charge < -0.3 is 5.32 Å². The molecule has 0 aliphatic carbocycles. The average molecular weight is 265 g/mol. The van der Waals surface area contributed by atoms with Gasteiger partial charge in [-0.05, 0) is 31.5 Å². The Morgan fingerprint density at radius 2 is 1.70 bits per heavy atom. The molecule has 2 rings (SSSR count). The summed E-state index contributed by atoms with van der Waals surface area (Å²) in [4.78, 5) is 11.7. The summed E-state index contributed by atoms with van der Waals surface area (Å²) in [5.74, 6) is 0.0912. The molecule has 0 aliphatic rings. The molecule has 0 aromatic heterocycles. The number of hydrogen-bond donors (Lipinski definition) is 1. The van der Waals surface area contributed by atoms with E-state index in [4.69, 9.17) is 0 Å². The zero-order chi connectivity index (χ0) is 14.4. The number of rotatable bonds is 5. The highest BCUT2D eigenvalue weighted by molar-refractivity contribution is 5.94. The molecule has 0 fully saturated rings. The first-order valence-electron chi connectivity index (χ1n) is 6.72. The van der Waals surface area contributed by atoms with Gasteiger partial charge in [-0.15, -0.1) is 0 Å². The van der Waals surface area contributed by atoms with Crippen molar-refractivity contribution in [2.45, 2.75) is 20.3 Å². The highest BCUT2D eigenvalue weighted by Gasteiger charge is 2.05. The van der Waals surface area contributed by atoms with Crippen LogP contribution in [0.3, 0.4) is 0 Å². The molecule has 0 saturated heterocycles. The second kappa shape index (κ2) is 6.71. The number of aryl methyl sites for hydroxylation is 1. The summed E-state index contributed by atoms with van der Waals surface area (Å²) in [6, 6.07) is 18.1. The number of anilines is 1. The van der Waals surface area contributed by atoms with Gasteiger partial charge in [0.25, 0.3) is 0 Å². The van der Waals surface area contributed by atoms with E-state index in [1.807, 2.05) is 54.6 Å². The number of nitrogens with one attached hydrogen (secondary N) is 1. The van der Waals surface area contributed by atoms with E-state index < -0.39 is 0 Å². The van der Waals surface area contributed by atoms with Crippen LogP contribution in [-0.2, 0) is 11.2 Å². The van der Waals surface area contributed by atoms with Crippen molar-refractivity contribution < 1.29 is 4.79 Å². The van der Waals surface area contributed by atoms with Gasteiger partial charge in [0, 0.05) is 23.9 Å². The topological polar surface area (TPSA) is 29.1 Å². The highest BCUT2D eigenvalue weighted by atomic mass is 16.1. The number of Topliss-reactive ketones (excluding diaryl/α,β-unsaturated/α-hetero) is 1. The SMILES string of the molecule is CC(=O)/C(=C\Nc1ccc(C)cc1)Cc1ccccc1. The second-order valence-corrected chi connectivity index (χ2v) is 4.90. The van der Waals surface area contributed by atoms with E-state index in [1.165, 1.54) is 5.56 Å². The Labute approximate surface area is 120 Å². The lowest BCUT2D eigenvalue weighted by atomic mass is 10.0. The molecule has 0 saturated carbocycles. The molecule has 102 valence electrons. The smallest absolute Gasteiger partial charge is 0.157 e. The number of hydrogen-bond acceptors (Lipinski definition) is 2. The zero-order valence-corrected chi connectivity index (χ0v) is 11.9. The fraction of sp³-hybridized carbons (Fsp3) is 0.167. The van der Waals surface area contributed by atoms with Crippen molar-refractivity contribution in [3.8, 4) is 0 Å². The lowest BCUT2D eigenvalue weighted by Gasteiger charge is -2.06. The maximum absolute atomic E-state index is 11.7. The standard InChI is InChI=1S/C18H19NO/c1-14-8-10-18(11-9-14)19-13-17(15(2)20)12-16-6-4-3-5-7-16/h3-11,13,19H,12H2,1-2H3/b17-13-. The molecular formula is C18H19NO. The minimum atomic E-state index is 0.0912. The first-order valence-corrected chi connectivity index (χ1v) is 6.72. The van der Waals surface area contributed by atoms with Crippen molar-refractivity contribution in [1.29, 1.82) is 0 Å². The fourth-order valence-corrected chi connectivity index (χ4v) is 1.91. The van der Waals surface area contributed by atoms with Crippen LogP contribution >= 0.6 is 0 Å². The van der Waals surface area contributed by atoms with E-state index in [9.17, 15) is 4.79 Å². The van der Waals surface area contributed by atoms with E-state index >= 15 is 0 Å². The Morgan fingerprint density at radius 1 is 1.05 bits per heavy atom. The van der Waals surface area contributed by atoms with Gasteiger partial charge in [0.2, 0.25) is 0 Å². The third-order valence-electron chi connectivity index (χ3n) is 3.15. The largest absolute Gasteiger partial charge is 0.361 e. The van der Waals surface area contributed by atoms with Crippen LogP contribution in [-0.4, -0.2) is 5.78 Å². The quantitative estimate of drug-likeness (QED) is 0.824. The lowest BCUT2D eigenvalue weighted by molar-refractivity contribution is -0.113. The predicted octanol–water partition coefficient (Wildman–Crippen LogP) is 4.12. The van der Waals surface area contributed by atoms with Crippen molar-refractivity contribution in [2.75, 3.05) is 5.32 Å². The van der Waals surface area contributed by atoms with Crippen LogP contribution in [0.4, 0.5) is 5.69 Å². The predicted molar refractivity (Wildman–Crippen MR) is 83.7 cm³/mol. The Balaban J connectivity index is 2.10. The molecule has 0 aliphatic heterocycles. The van der Waals surface area contributed by atoms with E-state index in [-0.39, 0.29) is 5.78 Å². The van der Waals surface area contributed by atoms with Crippen molar-refractivity contribution in [3.05, 3.63) is 77.5 Å². The Bertz CT molecular complexity index is 597. The van der Waals surface area contributed by atoms with Gasteiger partial charge in [0.05, 0.1) is 0 Å². The summed E-state index contributed by atoms with van der Waals surface area (Å²) >= 11 is 0. The number of ketones is 1. The maximum atomic E-state index is 11.7. The average Bonchev–Trinajstić information content (AvgIpc) is 2.46. The molecule has 1 N–H and O–H groups in total. The van der Waals surface area contributed by atoms with Gasteiger partial charge in [-0.1, -0.05) is 48.0 Å². The minimum Gasteiger partial charge on any atom is -0.361 e. The third-order valence-corrected chi connectivity index (χ3v) is 3.15. The summed E-state index contributed by atoms with van der Waals surface area (Å²) in [5.41, 5.74) is 4.12.